The maximum atomic E-state index is 13.2. The molecule has 1 heterocycles. The summed E-state index contributed by atoms with van der Waals surface area (Å²) in [6.45, 7) is 6.86. The van der Waals surface area contributed by atoms with Crippen LogP contribution in [0.3, 0.4) is 0 Å². The monoisotopic (exact) mass is 291 g/mol. The number of anilines is 1. The second kappa shape index (κ2) is 7.78. The Balaban J connectivity index is 1.93. The molecule has 0 fully saturated rings. The Morgan fingerprint density at radius 3 is 3.00 bits per heavy atom. The van der Waals surface area contributed by atoms with Gasteiger partial charge in [0.25, 0.3) is 0 Å². The Hall–Kier alpha value is -1.88. The standard InChI is InChI=1S/C16H22FN3O/c1-3-21-9-5-8-20-12-13(2)19-16(20)18-11-14-6-4-7-15(17)10-14/h4,6-7,10,12H,3,5,8-9,11H2,1-2H3,(H,18,19). The first-order chi connectivity index (χ1) is 10.2. The van der Waals surface area contributed by atoms with Crippen molar-refractivity contribution in [1.29, 1.82) is 0 Å². The summed E-state index contributed by atoms with van der Waals surface area (Å²) in [5.41, 5.74) is 1.87. The quantitative estimate of drug-likeness (QED) is 0.758. The Labute approximate surface area is 125 Å². The lowest BCUT2D eigenvalue weighted by Gasteiger charge is -2.10. The molecule has 0 amide bonds. The molecule has 21 heavy (non-hydrogen) atoms. The van der Waals surface area contributed by atoms with Crippen LogP contribution in [0.4, 0.5) is 10.3 Å². The number of aromatic nitrogens is 2. The summed E-state index contributed by atoms with van der Waals surface area (Å²) in [4.78, 5) is 4.46. The fraction of sp³-hybridized carbons (Fsp3) is 0.438. The second-order valence-electron chi connectivity index (χ2n) is 4.93. The van der Waals surface area contributed by atoms with Gasteiger partial charge in [-0.05, 0) is 38.0 Å². The SMILES string of the molecule is CCOCCCn1cc(C)nc1NCc1cccc(F)c1. The highest BCUT2D eigenvalue weighted by Gasteiger charge is 2.05. The third-order valence-corrected chi connectivity index (χ3v) is 3.13. The number of ether oxygens (including phenoxy) is 1. The fourth-order valence-corrected chi connectivity index (χ4v) is 2.17. The van der Waals surface area contributed by atoms with E-state index in [1.54, 1.807) is 6.07 Å². The van der Waals surface area contributed by atoms with Crippen molar-refractivity contribution in [2.75, 3.05) is 18.5 Å². The van der Waals surface area contributed by atoms with E-state index in [2.05, 4.69) is 14.9 Å². The predicted octanol–water partition coefficient (Wildman–Crippen LogP) is 3.37. The fourth-order valence-electron chi connectivity index (χ4n) is 2.17. The lowest BCUT2D eigenvalue weighted by molar-refractivity contribution is 0.142. The number of imidazole rings is 1. The summed E-state index contributed by atoms with van der Waals surface area (Å²) >= 11 is 0. The molecule has 0 atom stereocenters. The smallest absolute Gasteiger partial charge is 0.203 e. The molecule has 0 spiro atoms. The van der Waals surface area contributed by atoms with Crippen LogP contribution in [0.2, 0.25) is 0 Å². The van der Waals surface area contributed by atoms with E-state index < -0.39 is 0 Å². The van der Waals surface area contributed by atoms with Gasteiger partial charge in [-0.25, -0.2) is 9.37 Å². The first kappa shape index (κ1) is 15.5. The number of nitrogens with one attached hydrogen (secondary N) is 1. The first-order valence-corrected chi connectivity index (χ1v) is 7.29. The molecule has 1 N–H and O–H groups in total. The van der Waals surface area contributed by atoms with Crippen LogP contribution in [0.15, 0.2) is 30.5 Å². The zero-order chi connectivity index (χ0) is 15.1. The van der Waals surface area contributed by atoms with E-state index in [1.807, 2.05) is 26.1 Å². The van der Waals surface area contributed by atoms with Crippen molar-refractivity contribution in [1.82, 2.24) is 9.55 Å². The zero-order valence-corrected chi connectivity index (χ0v) is 12.6. The maximum Gasteiger partial charge on any atom is 0.203 e. The van der Waals surface area contributed by atoms with Crippen LogP contribution in [0.5, 0.6) is 0 Å². The number of rotatable bonds is 8. The average Bonchev–Trinajstić information content (AvgIpc) is 2.82. The van der Waals surface area contributed by atoms with Crippen molar-refractivity contribution in [3.05, 3.63) is 47.5 Å². The number of aryl methyl sites for hydroxylation is 2. The van der Waals surface area contributed by atoms with E-state index in [4.69, 9.17) is 4.74 Å². The third-order valence-electron chi connectivity index (χ3n) is 3.13. The van der Waals surface area contributed by atoms with E-state index in [-0.39, 0.29) is 5.82 Å². The molecular weight excluding hydrogens is 269 g/mol. The number of hydrogen-bond donors (Lipinski definition) is 1. The summed E-state index contributed by atoms with van der Waals surface area (Å²) in [5.74, 6) is 0.596. The van der Waals surface area contributed by atoms with Crippen molar-refractivity contribution in [3.63, 3.8) is 0 Å². The Morgan fingerprint density at radius 1 is 1.38 bits per heavy atom. The van der Waals surface area contributed by atoms with Crippen LogP contribution in [0, 0.1) is 12.7 Å². The van der Waals surface area contributed by atoms with Crippen LogP contribution < -0.4 is 5.32 Å². The minimum absolute atomic E-state index is 0.217. The summed E-state index contributed by atoms with van der Waals surface area (Å²) in [6.07, 6.45) is 2.96. The number of hydrogen-bond acceptors (Lipinski definition) is 3. The molecule has 114 valence electrons. The Bertz CT molecular complexity index is 568. The van der Waals surface area contributed by atoms with Crippen molar-refractivity contribution >= 4 is 5.95 Å². The van der Waals surface area contributed by atoms with Gasteiger partial charge in [0.15, 0.2) is 0 Å². The molecule has 0 unspecified atom stereocenters. The molecule has 5 heteroatoms. The number of benzene rings is 1. The van der Waals surface area contributed by atoms with E-state index >= 15 is 0 Å². The lowest BCUT2D eigenvalue weighted by Crippen LogP contribution is -2.09. The molecule has 1 aromatic carbocycles. The van der Waals surface area contributed by atoms with Crippen molar-refractivity contribution in [2.24, 2.45) is 0 Å². The third kappa shape index (κ3) is 4.86. The van der Waals surface area contributed by atoms with E-state index in [9.17, 15) is 4.39 Å². The van der Waals surface area contributed by atoms with Crippen LogP contribution in [0.25, 0.3) is 0 Å². The van der Waals surface area contributed by atoms with Gasteiger partial charge < -0.3 is 14.6 Å². The molecule has 2 rings (SSSR count). The van der Waals surface area contributed by atoms with Crippen molar-refractivity contribution in [2.45, 2.75) is 33.4 Å². The largest absolute Gasteiger partial charge is 0.382 e. The number of halogens is 1. The Kier molecular flexibility index (Phi) is 5.75. The van der Waals surface area contributed by atoms with Crippen molar-refractivity contribution < 1.29 is 9.13 Å². The second-order valence-corrected chi connectivity index (χ2v) is 4.93. The molecule has 0 aliphatic rings. The molecule has 0 saturated heterocycles. The topological polar surface area (TPSA) is 39.1 Å². The molecule has 0 aliphatic heterocycles. The highest BCUT2D eigenvalue weighted by Crippen LogP contribution is 2.12. The average molecular weight is 291 g/mol. The van der Waals surface area contributed by atoms with Gasteiger partial charge in [0.1, 0.15) is 5.82 Å². The molecule has 1 aromatic heterocycles. The highest BCUT2D eigenvalue weighted by atomic mass is 19.1. The van der Waals surface area contributed by atoms with Gasteiger partial charge in [-0.3, -0.25) is 0 Å². The lowest BCUT2D eigenvalue weighted by atomic mass is 10.2. The van der Waals surface area contributed by atoms with Gasteiger partial charge in [0.2, 0.25) is 5.95 Å². The van der Waals surface area contributed by atoms with E-state index in [0.717, 1.165) is 43.4 Å². The van der Waals surface area contributed by atoms with Gasteiger partial charge in [0, 0.05) is 32.5 Å². The molecule has 2 aromatic rings. The van der Waals surface area contributed by atoms with Gasteiger partial charge in [0.05, 0.1) is 5.69 Å². The Morgan fingerprint density at radius 2 is 2.24 bits per heavy atom. The summed E-state index contributed by atoms with van der Waals surface area (Å²) in [6, 6.07) is 6.59. The summed E-state index contributed by atoms with van der Waals surface area (Å²) < 4.78 is 20.6. The van der Waals surface area contributed by atoms with Gasteiger partial charge in [-0.1, -0.05) is 12.1 Å². The molecule has 0 aliphatic carbocycles. The highest BCUT2D eigenvalue weighted by molar-refractivity contribution is 5.31. The van der Waals surface area contributed by atoms with Crippen LogP contribution in [0.1, 0.15) is 24.6 Å². The molecule has 0 saturated carbocycles. The number of nitrogens with zero attached hydrogens (tertiary/aromatic N) is 2. The van der Waals surface area contributed by atoms with Gasteiger partial charge in [-0.15, -0.1) is 0 Å². The minimum atomic E-state index is -0.217. The summed E-state index contributed by atoms with van der Waals surface area (Å²) in [7, 11) is 0. The molecule has 0 bridgehead atoms. The predicted molar refractivity (Wildman–Crippen MR) is 81.8 cm³/mol. The van der Waals surface area contributed by atoms with Crippen LogP contribution >= 0.6 is 0 Å². The molecular formula is C16H22FN3O. The van der Waals surface area contributed by atoms with Crippen molar-refractivity contribution in [3.8, 4) is 0 Å². The molecule has 0 radical (unpaired) electrons. The van der Waals surface area contributed by atoms with Crippen LogP contribution in [-0.4, -0.2) is 22.8 Å². The van der Waals surface area contributed by atoms with Gasteiger partial charge >= 0.3 is 0 Å². The van der Waals surface area contributed by atoms with E-state index in [1.165, 1.54) is 12.1 Å². The first-order valence-electron chi connectivity index (χ1n) is 7.29. The van der Waals surface area contributed by atoms with Gasteiger partial charge in [-0.2, -0.15) is 0 Å². The normalized spacial score (nSPS) is 10.8. The van der Waals surface area contributed by atoms with Crippen LogP contribution in [-0.2, 0) is 17.8 Å². The maximum absolute atomic E-state index is 13.2. The van der Waals surface area contributed by atoms with E-state index in [0.29, 0.717) is 6.54 Å². The molecule has 4 nitrogen and oxygen atoms in total. The minimum Gasteiger partial charge on any atom is -0.382 e. The zero-order valence-electron chi connectivity index (χ0n) is 12.6. The summed E-state index contributed by atoms with van der Waals surface area (Å²) in [5, 5.41) is 3.26.